The van der Waals surface area contributed by atoms with Crippen molar-refractivity contribution in [3.05, 3.63) is 51.8 Å². The van der Waals surface area contributed by atoms with Gasteiger partial charge in [0.1, 0.15) is 17.6 Å². The van der Waals surface area contributed by atoms with E-state index in [2.05, 4.69) is 6.58 Å². The molecule has 0 aliphatic rings. The van der Waals surface area contributed by atoms with E-state index in [4.69, 9.17) is 9.47 Å². The molecule has 0 radical (unpaired) electrons. The average molecular weight is 416 g/mol. The summed E-state index contributed by atoms with van der Waals surface area (Å²) >= 11 is 2.02. The SMILES string of the molecule is C=C/C(I)=C(/O)CC(C)Oc1ccccc1CC(=O)OCC. The minimum Gasteiger partial charge on any atom is -0.511 e. The van der Waals surface area contributed by atoms with E-state index in [-0.39, 0.29) is 24.3 Å². The maximum absolute atomic E-state index is 11.6. The first-order valence-electron chi connectivity index (χ1n) is 7.08. The number of hydrogen-bond donors (Lipinski definition) is 1. The molecule has 0 aliphatic heterocycles. The highest BCUT2D eigenvalue weighted by Gasteiger charge is 2.13. The van der Waals surface area contributed by atoms with E-state index in [9.17, 15) is 9.90 Å². The van der Waals surface area contributed by atoms with Crippen molar-refractivity contribution in [1.29, 1.82) is 0 Å². The molecular weight excluding hydrogens is 395 g/mol. The Morgan fingerprint density at radius 2 is 2.14 bits per heavy atom. The van der Waals surface area contributed by atoms with Gasteiger partial charge in [-0.3, -0.25) is 4.79 Å². The van der Waals surface area contributed by atoms with Crippen LogP contribution in [-0.2, 0) is 16.0 Å². The van der Waals surface area contributed by atoms with E-state index in [0.29, 0.717) is 22.4 Å². The molecule has 0 aromatic heterocycles. The Labute approximate surface area is 145 Å². The molecule has 5 heteroatoms. The molecular formula is C17H21IO4. The number of carbonyl (C=O) groups is 1. The van der Waals surface area contributed by atoms with Crippen LogP contribution in [0.3, 0.4) is 0 Å². The van der Waals surface area contributed by atoms with Crippen molar-refractivity contribution in [2.75, 3.05) is 6.61 Å². The molecule has 0 spiro atoms. The Hall–Kier alpha value is -1.50. The molecule has 0 saturated heterocycles. The Balaban J connectivity index is 2.77. The predicted molar refractivity (Wildman–Crippen MR) is 95.4 cm³/mol. The number of halogens is 1. The highest BCUT2D eigenvalue weighted by molar-refractivity contribution is 14.1. The van der Waals surface area contributed by atoms with Crippen LogP contribution < -0.4 is 4.74 Å². The second-order valence-electron chi connectivity index (χ2n) is 4.72. The maximum atomic E-state index is 11.6. The second kappa shape index (κ2) is 9.50. The van der Waals surface area contributed by atoms with Gasteiger partial charge in [0.2, 0.25) is 0 Å². The first kappa shape index (κ1) is 18.5. The fourth-order valence-corrected chi connectivity index (χ4v) is 2.10. The van der Waals surface area contributed by atoms with Crippen molar-refractivity contribution in [2.24, 2.45) is 0 Å². The van der Waals surface area contributed by atoms with Gasteiger partial charge in [-0.2, -0.15) is 0 Å². The summed E-state index contributed by atoms with van der Waals surface area (Å²) < 4.78 is 11.5. The lowest BCUT2D eigenvalue weighted by molar-refractivity contribution is -0.142. The molecule has 120 valence electrons. The number of hydrogen-bond acceptors (Lipinski definition) is 4. The Kier molecular flexibility index (Phi) is 8.01. The number of ether oxygens (including phenoxy) is 2. The summed E-state index contributed by atoms with van der Waals surface area (Å²) in [5.41, 5.74) is 0.773. The largest absolute Gasteiger partial charge is 0.511 e. The average Bonchev–Trinajstić information content (AvgIpc) is 2.48. The van der Waals surface area contributed by atoms with Crippen LogP contribution in [0.5, 0.6) is 5.75 Å². The zero-order valence-corrected chi connectivity index (χ0v) is 15.0. The van der Waals surface area contributed by atoms with Crippen LogP contribution in [0.1, 0.15) is 25.8 Å². The highest BCUT2D eigenvalue weighted by atomic mass is 127. The van der Waals surface area contributed by atoms with Crippen molar-refractivity contribution in [2.45, 2.75) is 32.8 Å². The van der Waals surface area contributed by atoms with Crippen LogP contribution in [0.15, 0.2) is 46.3 Å². The van der Waals surface area contributed by atoms with Gasteiger partial charge in [0.15, 0.2) is 0 Å². The van der Waals surface area contributed by atoms with E-state index in [1.807, 2.05) is 53.8 Å². The third kappa shape index (κ3) is 6.09. The Morgan fingerprint density at radius 3 is 2.77 bits per heavy atom. The van der Waals surface area contributed by atoms with Gasteiger partial charge in [-0.25, -0.2) is 0 Å². The molecule has 1 unspecified atom stereocenters. The number of rotatable bonds is 8. The standard InChI is InChI=1S/C17H21IO4/c1-4-14(18)15(19)10-12(3)22-16-9-7-6-8-13(16)11-17(20)21-5-2/h4,6-9,12,19H,1,5,10-11H2,2-3H3/b15-14-. The van der Waals surface area contributed by atoms with Gasteiger partial charge in [-0.05, 0) is 42.5 Å². The number of benzene rings is 1. The highest BCUT2D eigenvalue weighted by Crippen LogP contribution is 2.23. The minimum atomic E-state index is -0.282. The van der Waals surface area contributed by atoms with Crippen LogP contribution in [0.2, 0.25) is 0 Å². The normalized spacial score (nSPS) is 13.0. The minimum absolute atomic E-state index is 0.169. The first-order valence-corrected chi connectivity index (χ1v) is 8.16. The quantitative estimate of drug-likeness (QED) is 0.297. The van der Waals surface area contributed by atoms with Crippen molar-refractivity contribution < 1.29 is 19.4 Å². The van der Waals surface area contributed by atoms with Gasteiger partial charge in [0.05, 0.1) is 16.6 Å². The zero-order chi connectivity index (χ0) is 16.5. The Morgan fingerprint density at radius 1 is 1.45 bits per heavy atom. The lowest BCUT2D eigenvalue weighted by atomic mass is 10.1. The number of aliphatic hydroxyl groups excluding tert-OH is 1. The molecule has 0 heterocycles. The number of para-hydroxylation sites is 1. The molecule has 0 aliphatic carbocycles. The van der Waals surface area contributed by atoms with E-state index in [0.717, 1.165) is 5.56 Å². The summed E-state index contributed by atoms with van der Waals surface area (Å²) in [4.78, 5) is 11.6. The van der Waals surface area contributed by atoms with E-state index < -0.39 is 0 Å². The summed E-state index contributed by atoms with van der Waals surface area (Å²) in [5.74, 6) is 0.589. The molecule has 1 atom stereocenters. The van der Waals surface area contributed by atoms with Crippen LogP contribution >= 0.6 is 22.6 Å². The van der Waals surface area contributed by atoms with E-state index in [1.54, 1.807) is 13.0 Å². The number of esters is 1. The van der Waals surface area contributed by atoms with Gasteiger partial charge >= 0.3 is 5.97 Å². The fraction of sp³-hybridized carbons (Fsp3) is 0.353. The summed E-state index contributed by atoms with van der Waals surface area (Å²) in [5, 5.41) is 9.90. The smallest absolute Gasteiger partial charge is 0.310 e. The maximum Gasteiger partial charge on any atom is 0.310 e. The van der Waals surface area contributed by atoms with Crippen LogP contribution in [0, 0.1) is 0 Å². The van der Waals surface area contributed by atoms with Crippen LogP contribution in [0.4, 0.5) is 0 Å². The molecule has 4 nitrogen and oxygen atoms in total. The lowest BCUT2D eigenvalue weighted by Gasteiger charge is -2.17. The molecule has 0 fully saturated rings. The van der Waals surface area contributed by atoms with Crippen molar-refractivity contribution >= 4 is 28.6 Å². The Bertz CT molecular complexity index is 551. The number of allylic oxidation sites excluding steroid dienone is 2. The predicted octanol–water partition coefficient (Wildman–Crippen LogP) is 4.34. The van der Waals surface area contributed by atoms with Gasteiger partial charge in [0.25, 0.3) is 0 Å². The molecule has 0 saturated carbocycles. The molecule has 0 amide bonds. The number of carbonyl (C=O) groups excluding carboxylic acids is 1. The third-order valence-corrected chi connectivity index (χ3v) is 3.94. The van der Waals surface area contributed by atoms with Crippen LogP contribution in [-0.4, -0.2) is 23.8 Å². The van der Waals surface area contributed by atoms with Gasteiger partial charge < -0.3 is 14.6 Å². The topological polar surface area (TPSA) is 55.8 Å². The van der Waals surface area contributed by atoms with Crippen LogP contribution in [0.25, 0.3) is 0 Å². The number of aliphatic hydroxyl groups is 1. The fourth-order valence-electron chi connectivity index (χ4n) is 1.88. The summed E-state index contributed by atoms with van der Waals surface area (Å²) in [6.07, 6.45) is 1.91. The molecule has 1 rings (SSSR count). The zero-order valence-electron chi connectivity index (χ0n) is 12.8. The van der Waals surface area contributed by atoms with E-state index in [1.165, 1.54) is 0 Å². The molecule has 1 aromatic rings. The molecule has 0 bridgehead atoms. The first-order chi connectivity index (χ1) is 10.5. The monoisotopic (exact) mass is 416 g/mol. The van der Waals surface area contributed by atoms with Crippen molar-refractivity contribution in [3.63, 3.8) is 0 Å². The molecule has 1 N–H and O–H groups in total. The summed E-state index contributed by atoms with van der Waals surface area (Å²) in [6, 6.07) is 7.34. The van der Waals surface area contributed by atoms with Crippen molar-refractivity contribution in [1.82, 2.24) is 0 Å². The summed E-state index contributed by atoms with van der Waals surface area (Å²) in [7, 11) is 0. The second-order valence-corrected chi connectivity index (χ2v) is 5.88. The third-order valence-electron chi connectivity index (χ3n) is 2.88. The molecule has 1 aromatic carbocycles. The van der Waals surface area contributed by atoms with Gasteiger partial charge in [0, 0.05) is 12.0 Å². The lowest BCUT2D eigenvalue weighted by Crippen LogP contribution is -2.15. The summed E-state index contributed by atoms with van der Waals surface area (Å²) in [6.45, 7) is 7.62. The molecule has 22 heavy (non-hydrogen) atoms. The van der Waals surface area contributed by atoms with Crippen molar-refractivity contribution in [3.8, 4) is 5.75 Å². The van der Waals surface area contributed by atoms with E-state index >= 15 is 0 Å². The van der Waals surface area contributed by atoms with Gasteiger partial charge in [-0.1, -0.05) is 30.9 Å². The van der Waals surface area contributed by atoms with Gasteiger partial charge in [-0.15, -0.1) is 0 Å².